The molecule has 192 valence electrons. The van der Waals surface area contributed by atoms with E-state index in [1.54, 1.807) is 7.11 Å². The van der Waals surface area contributed by atoms with Gasteiger partial charge < -0.3 is 19.4 Å². The van der Waals surface area contributed by atoms with Crippen molar-refractivity contribution in [3.63, 3.8) is 0 Å². The molecule has 0 unspecified atom stereocenters. The van der Waals surface area contributed by atoms with E-state index in [2.05, 4.69) is 81.6 Å². The van der Waals surface area contributed by atoms with Crippen LogP contribution in [-0.2, 0) is 16.1 Å². The molecule has 1 aliphatic heterocycles. The van der Waals surface area contributed by atoms with Crippen molar-refractivity contribution >= 4 is 16.8 Å². The number of amides is 1. The Balaban J connectivity index is 1.41. The number of hydrogen-bond donors (Lipinski definition) is 1. The predicted octanol–water partition coefficient (Wildman–Crippen LogP) is 4.67. The fraction of sp³-hybridized carbons (Fsp3) is 0.323. The summed E-state index contributed by atoms with van der Waals surface area (Å²) >= 11 is 0. The predicted molar refractivity (Wildman–Crippen MR) is 147 cm³/mol. The van der Waals surface area contributed by atoms with E-state index in [4.69, 9.17) is 9.47 Å². The van der Waals surface area contributed by atoms with Crippen LogP contribution in [0.2, 0.25) is 0 Å². The maximum absolute atomic E-state index is 13.2. The SMILES string of the molecule is COc1ccc([C@H](CC(=O)NCCN2CCOCC2)c2cn(Cc3ccccc3)c3ccccc23)cc1. The smallest absolute Gasteiger partial charge is 0.220 e. The van der Waals surface area contributed by atoms with Gasteiger partial charge in [0.1, 0.15) is 5.75 Å². The minimum atomic E-state index is -0.0729. The van der Waals surface area contributed by atoms with Crippen LogP contribution in [0, 0.1) is 0 Å². The molecule has 0 saturated carbocycles. The Morgan fingerprint density at radius 3 is 2.46 bits per heavy atom. The van der Waals surface area contributed by atoms with Crippen LogP contribution in [0.15, 0.2) is 85.1 Å². The second-order valence-corrected chi connectivity index (χ2v) is 9.55. The first-order valence-electron chi connectivity index (χ1n) is 13.0. The van der Waals surface area contributed by atoms with Gasteiger partial charge in [-0.05, 0) is 34.9 Å². The number of nitrogens with zero attached hydrogens (tertiary/aromatic N) is 2. The van der Waals surface area contributed by atoms with Gasteiger partial charge in [0.25, 0.3) is 0 Å². The highest BCUT2D eigenvalue weighted by atomic mass is 16.5. The third-order valence-corrected chi connectivity index (χ3v) is 7.15. The van der Waals surface area contributed by atoms with Crippen molar-refractivity contribution in [1.29, 1.82) is 0 Å². The number of carbonyl (C=O) groups excluding carboxylic acids is 1. The molecule has 2 heterocycles. The summed E-state index contributed by atoms with van der Waals surface area (Å²) in [7, 11) is 1.67. The van der Waals surface area contributed by atoms with Gasteiger partial charge in [-0.2, -0.15) is 0 Å². The zero-order valence-electron chi connectivity index (χ0n) is 21.4. The molecule has 1 N–H and O–H groups in total. The lowest BCUT2D eigenvalue weighted by Crippen LogP contribution is -2.41. The summed E-state index contributed by atoms with van der Waals surface area (Å²) in [6, 6.07) is 27.1. The van der Waals surface area contributed by atoms with Crippen molar-refractivity contribution < 1.29 is 14.3 Å². The van der Waals surface area contributed by atoms with Gasteiger partial charge in [0, 0.05) is 62.2 Å². The molecule has 37 heavy (non-hydrogen) atoms. The molecule has 1 saturated heterocycles. The summed E-state index contributed by atoms with van der Waals surface area (Å²) in [6.45, 7) is 5.64. The maximum Gasteiger partial charge on any atom is 0.220 e. The van der Waals surface area contributed by atoms with Gasteiger partial charge in [0.15, 0.2) is 0 Å². The summed E-state index contributed by atoms with van der Waals surface area (Å²) < 4.78 is 13.1. The summed E-state index contributed by atoms with van der Waals surface area (Å²) in [6.07, 6.45) is 2.61. The number of nitrogens with one attached hydrogen (secondary N) is 1. The number of aromatic nitrogens is 1. The van der Waals surface area contributed by atoms with Crippen LogP contribution >= 0.6 is 0 Å². The van der Waals surface area contributed by atoms with Crippen molar-refractivity contribution in [3.05, 3.63) is 102 Å². The average molecular weight is 498 g/mol. The molecule has 1 atom stereocenters. The molecule has 0 spiro atoms. The van der Waals surface area contributed by atoms with Gasteiger partial charge in [-0.3, -0.25) is 9.69 Å². The van der Waals surface area contributed by atoms with Gasteiger partial charge in [0.2, 0.25) is 5.91 Å². The Hall–Kier alpha value is -3.61. The van der Waals surface area contributed by atoms with Crippen molar-refractivity contribution in [2.75, 3.05) is 46.5 Å². The molecule has 0 aliphatic carbocycles. The number of rotatable bonds is 10. The molecule has 6 nitrogen and oxygen atoms in total. The van der Waals surface area contributed by atoms with Crippen LogP contribution in [0.25, 0.3) is 10.9 Å². The highest BCUT2D eigenvalue weighted by Crippen LogP contribution is 2.35. The summed E-state index contributed by atoms with van der Waals surface area (Å²) in [5.74, 6) is 0.800. The lowest BCUT2D eigenvalue weighted by atomic mass is 9.88. The number of hydrogen-bond acceptors (Lipinski definition) is 4. The van der Waals surface area contributed by atoms with E-state index in [1.165, 1.54) is 22.0 Å². The first-order valence-corrected chi connectivity index (χ1v) is 13.0. The van der Waals surface area contributed by atoms with Gasteiger partial charge in [-0.1, -0.05) is 60.7 Å². The lowest BCUT2D eigenvalue weighted by molar-refractivity contribution is -0.121. The Morgan fingerprint density at radius 2 is 1.70 bits per heavy atom. The maximum atomic E-state index is 13.2. The summed E-state index contributed by atoms with van der Waals surface area (Å²) in [5.41, 5.74) is 4.69. The highest BCUT2D eigenvalue weighted by molar-refractivity contribution is 5.86. The molecule has 0 bridgehead atoms. The Morgan fingerprint density at radius 1 is 0.973 bits per heavy atom. The van der Waals surface area contributed by atoms with E-state index in [1.807, 2.05) is 18.2 Å². The number of morpholine rings is 1. The monoisotopic (exact) mass is 497 g/mol. The Labute approximate surface area is 218 Å². The summed E-state index contributed by atoms with van der Waals surface area (Å²) in [5, 5.41) is 4.35. The molecular formula is C31H35N3O3. The third-order valence-electron chi connectivity index (χ3n) is 7.15. The van der Waals surface area contributed by atoms with E-state index in [0.29, 0.717) is 13.0 Å². The van der Waals surface area contributed by atoms with E-state index < -0.39 is 0 Å². The molecule has 1 amide bonds. The normalized spacial score (nSPS) is 14.9. The number of methoxy groups -OCH3 is 1. The summed E-state index contributed by atoms with van der Waals surface area (Å²) in [4.78, 5) is 15.5. The van der Waals surface area contributed by atoms with Crippen LogP contribution in [-0.4, -0.2) is 61.9 Å². The van der Waals surface area contributed by atoms with Gasteiger partial charge in [0.05, 0.1) is 20.3 Å². The van der Waals surface area contributed by atoms with Crippen LogP contribution < -0.4 is 10.1 Å². The van der Waals surface area contributed by atoms with Gasteiger partial charge in [-0.15, -0.1) is 0 Å². The quantitative estimate of drug-likeness (QED) is 0.346. The zero-order valence-corrected chi connectivity index (χ0v) is 21.4. The number of fused-ring (bicyclic) bond motifs is 1. The first-order chi connectivity index (χ1) is 18.2. The minimum absolute atomic E-state index is 0.0639. The second kappa shape index (κ2) is 12.1. The van der Waals surface area contributed by atoms with Crippen molar-refractivity contribution in [2.45, 2.75) is 18.9 Å². The molecular weight excluding hydrogens is 462 g/mol. The Bertz CT molecular complexity index is 1290. The fourth-order valence-corrected chi connectivity index (χ4v) is 5.14. The highest BCUT2D eigenvalue weighted by Gasteiger charge is 2.23. The molecule has 3 aromatic carbocycles. The topological polar surface area (TPSA) is 55.7 Å². The molecule has 1 fully saturated rings. The third kappa shape index (κ3) is 6.21. The van der Waals surface area contributed by atoms with Crippen LogP contribution in [0.4, 0.5) is 0 Å². The number of benzene rings is 3. The molecule has 1 aliphatic rings. The van der Waals surface area contributed by atoms with Crippen LogP contribution in [0.3, 0.4) is 0 Å². The van der Waals surface area contributed by atoms with E-state index in [-0.39, 0.29) is 11.8 Å². The van der Waals surface area contributed by atoms with E-state index in [9.17, 15) is 4.79 Å². The first kappa shape index (κ1) is 25.1. The molecule has 1 aromatic heterocycles. The minimum Gasteiger partial charge on any atom is -0.497 e. The number of carbonyl (C=O) groups is 1. The number of ether oxygens (including phenoxy) is 2. The van der Waals surface area contributed by atoms with Crippen molar-refractivity contribution in [2.24, 2.45) is 0 Å². The molecule has 4 aromatic rings. The van der Waals surface area contributed by atoms with E-state index >= 15 is 0 Å². The van der Waals surface area contributed by atoms with Crippen LogP contribution in [0.5, 0.6) is 5.75 Å². The van der Waals surface area contributed by atoms with Gasteiger partial charge >= 0.3 is 0 Å². The van der Waals surface area contributed by atoms with Crippen molar-refractivity contribution in [1.82, 2.24) is 14.8 Å². The fourth-order valence-electron chi connectivity index (χ4n) is 5.14. The zero-order chi connectivity index (χ0) is 25.5. The number of para-hydroxylation sites is 1. The average Bonchev–Trinajstić information content (AvgIpc) is 3.31. The largest absolute Gasteiger partial charge is 0.497 e. The standard InChI is InChI=1S/C31H35N3O3/c1-36-26-13-11-25(12-14-26)28(21-31(35)32-15-16-33-17-19-37-20-18-33)29-23-34(22-24-7-3-2-4-8-24)30-10-6-5-9-27(29)30/h2-14,23,28H,15-22H2,1H3,(H,32,35)/t28-/m0/s1. The van der Waals surface area contributed by atoms with Crippen molar-refractivity contribution in [3.8, 4) is 5.75 Å². The molecule has 0 radical (unpaired) electrons. The van der Waals surface area contributed by atoms with Gasteiger partial charge in [-0.25, -0.2) is 0 Å². The molecule has 5 rings (SSSR count). The Kier molecular flexibility index (Phi) is 8.18. The molecule has 6 heteroatoms. The van der Waals surface area contributed by atoms with Crippen LogP contribution in [0.1, 0.15) is 29.0 Å². The second-order valence-electron chi connectivity index (χ2n) is 9.55. The van der Waals surface area contributed by atoms with E-state index in [0.717, 1.165) is 50.7 Å². The lowest BCUT2D eigenvalue weighted by Gasteiger charge is -2.26.